The van der Waals surface area contributed by atoms with Crippen LogP contribution < -0.4 is 5.32 Å². The number of benzene rings is 1. The van der Waals surface area contributed by atoms with Crippen molar-refractivity contribution in [2.75, 3.05) is 6.54 Å². The Morgan fingerprint density at radius 1 is 1.21 bits per heavy atom. The Bertz CT molecular complexity index is 513. The summed E-state index contributed by atoms with van der Waals surface area (Å²) in [6, 6.07) is 8.72. The van der Waals surface area contributed by atoms with E-state index in [4.69, 9.17) is 4.42 Å². The van der Waals surface area contributed by atoms with Crippen molar-refractivity contribution >= 4 is 11.0 Å². The van der Waals surface area contributed by atoms with Crippen LogP contribution in [0.15, 0.2) is 28.7 Å². The van der Waals surface area contributed by atoms with E-state index in [1.165, 1.54) is 30.2 Å². The highest BCUT2D eigenvalue weighted by Crippen LogP contribution is 2.21. The Balaban J connectivity index is 2.03. The van der Waals surface area contributed by atoms with Crippen LogP contribution in [0.5, 0.6) is 0 Å². The highest BCUT2D eigenvalue weighted by Gasteiger charge is 2.05. The molecular formula is C17H25NO. The number of furan rings is 1. The fourth-order valence-corrected chi connectivity index (χ4v) is 2.26. The molecular weight excluding hydrogens is 234 g/mol. The number of rotatable bonds is 7. The average molecular weight is 259 g/mol. The zero-order valence-corrected chi connectivity index (χ0v) is 12.3. The number of nitrogens with one attached hydrogen (secondary N) is 1. The van der Waals surface area contributed by atoms with E-state index in [0.29, 0.717) is 5.92 Å². The zero-order valence-electron chi connectivity index (χ0n) is 12.3. The van der Waals surface area contributed by atoms with Crippen molar-refractivity contribution in [2.24, 2.45) is 5.92 Å². The molecule has 0 saturated heterocycles. The summed E-state index contributed by atoms with van der Waals surface area (Å²) >= 11 is 0. The van der Waals surface area contributed by atoms with Gasteiger partial charge in [-0.05, 0) is 49.1 Å². The Labute approximate surface area is 116 Å². The summed E-state index contributed by atoms with van der Waals surface area (Å²) in [6.45, 7) is 8.50. The molecule has 2 rings (SSSR count). The van der Waals surface area contributed by atoms with E-state index in [2.05, 4.69) is 50.4 Å². The first-order chi connectivity index (χ1) is 9.19. The highest BCUT2D eigenvalue weighted by molar-refractivity contribution is 5.78. The van der Waals surface area contributed by atoms with E-state index in [-0.39, 0.29) is 0 Å². The van der Waals surface area contributed by atoms with Gasteiger partial charge >= 0.3 is 0 Å². The second-order valence-electron chi connectivity index (χ2n) is 5.71. The molecule has 0 aliphatic heterocycles. The summed E-state index contributed by atoms with van der Waals surface area (Å²) in [5.74, 6) is 1.70. The molecule has 0 saturated carbocycles. The molecule has 0 aliphatic rings. The van der Waals surface area contributed by atoms with Crippen LogP contribution in [0.3, 0.4) is 0 Å². The predicted molar refractivity (Wildman–Crippen MR) is 81.4 cm³/mol. The molecule has 1 heterocycles. The van der Waals surface area contributed by atoms with Crippen LogP contribution in [0.1, 0.15) is 44.9 Å². The maximum Gasteiger partial charge on any atom is 0.134 e. The van der Waals surface area contributed by atoms with E-state index in [1.54, 1.807) is 0 Å². The SMILES string of the molecule is CCCCc1ccc2oc(CNCC(C)C)cc2c1. The number of hydrogen-bond acceptors (Lipinski definition) is 2. The molecule has 2 heteroatoms. The summed E-state index contributed by atoms with van der Waals surface area (Å²) < 4.78 is 5.85. The normalized spacial score (nSPS) is 11.6. The quantitative estimate of drug-likeness (QED) is 0.790. The number of hydrogen-bond donors (Lipinski definition) is 1. The van der Waals surface area contributed by atoms with E-state index in [9.17, 15) is 0 Å². The first kappa shape index (κ1) is 14.1. The van der Waals surface area contributed by atoms with Gasteiger partial charge in [0.15, 0.2) is 0 Å². The second kappa shape index (κ2) is 6.76. The zero-order chi connectivity index (χ0) is 13.7. The summed E-state index contributed by atoms with van der Waals surface area (Å²) in [7, 11) is 0. The minimum atomic E-state index is 0.671. The molecule has 0 bridgehead atoms. The lowest BCUT2D eigenvalue weighted by Crippen LogP contribution is -2.18. The maximum atomic E-state index is 5.85. The molecule has 0 fully saturated rings. The molecule has 1 aromatic carbocycles. The molecule has 1 N–H and O–H groups in total. The van der Waals surface area contributed by atoms with Crippen LogP contribution in [0, 0.1) is 5.92 Å². The molecule has 0 amide bonds. The molecule has 2 aromatic rings. The van der Waals surface area contributed by atoms with Gasteiger partial charge in [0.05, 0.1) is 6.54 Å². The molecule has 0 spiro atoms. The second-order valence-corrected chi connectivity index (χ2v) is 5.71. The molecule has 0 radical (unpaired) electrons. The van der Waals surface area contributed by atoms with Crippen molar-refractivity contribution in [2.45, 2.75) is 46.6 Å². The standard InChI is InChI=1S/C17H25NO/c1-4-5-6-14-7-8-17-15(9-14)10-16(19-17)12-18-11-13(2)3/h7-10,13,18H,4-6,11-12H2,1-3H3. The van der Waals surface area contributed by atoms with E-state index in [1.807, 2.05) is 0 Å². The van der Waals surface area contributed by atoms with Crippen LogP contribution >= 0.6 is 0 Å². The van der Waals surface area contributed by atoms with Crippen molar-refractivity contribution in [3.63, 3.8) is 0 Å². The molecule has 19 heavy (non-hydrogen) atoms. The number of aryl methyl sites for hydroxylation is 1. The fourth-order valence-electron chi connectivity index (χ4n) is 2.26. The van der Waals surface area contributed by atoms with Gasteiger partial charge in [-0.2, -0.15) is 0 Å². The van der Waals surface area contributed by atoms with Crippen LogP contribution in [-0.2, 0) is 13.0 Å². The Kier molecular flexibility index (Phi) is 5.03. The van der Waals surface area contributed by atoms with Gasteiger partial charge in [0.2, 0.25) is 0 Å². The molecule has 2 nitrogen and oxygen atoms in total. The van der Waals surface area contributed by atoms with Crippen molar-refractivity contribution in [1.29, 1.82) is 0 Å². The summed E-state index contributed by atoms with van der Waals surface area (Å²) in [5.41, 5.74) is 2.42. The van der Waals surface area contributed by atoms with E-state index >= 15 is 0 Å². The predicted octanol–water partition coefficient (Wildman–Crippen LogP) is 4.52. The minimum Gasteiger partial charge on any atom is -0.460 e. The van der Waals surface area contributed by atoms with Gasteiger partial charge < -0.3 is 9.73 Å². The van der Waals surface area contributed by atoms with Gasteiger partial charge in [0.25, 0.3) is 0 Å². The first-order valence-electron chi connectivity index (χ1n) is 7.41. The number of fused-ring (bicyclic) bond motifs is 1. The summed E-state index contributed by atoms with van der Waals surface area (Å²) in [5, 5.41) is 4.65. The van der Waals surface area contributed by atoms with Gasteiger partial charge in [-0.25, -0.2) is 0 Å². The van der Waals surface area contributed by atoms with Gasteiger partial charge in [-0.1, -0.05) is 33.3 Å². The lowest BCUT2D eigenvalue weighted by Gasteiger charge is -2.04. The minimum absolute atomic E-state index is 0.671. The third-order valence-corrected chi connectivity index (χ3v) is 3.30. The van der Waals surface area contributed by atoms with Crippen molar-refractivity contribution in [3.8, 4) is 0 Å². The van der Waals surface area contributed by atoms with Crippen molar-refractivity contribution in [3.05, 3.63) is 35.6 Å². The Morgan fingerprint density at radius 2 is 2.05 bits per heavy atom. The van der Waals surface area contributed by atoms with Crippen LogP contribution in [0.2, 0.25) is 0 Å². The van der Waals surface area contributed by atoms with Crippen LogP contribution in [-0.4, -0.2) is 6.54 Å². The highest BCUT2D eigenvalue weighted by atomic mass is 16.3. The topological polar surface area (TPSA) is 25.2 Å². The fraction of sp³-hybridized carbons (Fsp3) is 0.529. The molecule has 0 aliphatic carbocycles. The molecule has 0 atom stereocenters. The lowest BCUT2D eigenvalue weighted by atomic mass is 10.1. The van der Waals surface area contributed by atoms with Crippen molar-refractivity contribution < 1.29 is 4.42 Å². The third-order valence-electron chi connectivity index (χ3n) is 3.30. The van der Waals surface area contributed by atoms with Gasteiger partial charge in [-0.15, -0.1) is 0 Å². The monoisotopic (exact) mass is 259 g/mol. The van der Waals surface area contributed by atoms with Crippen LogP contribution in [0.25, 0.3) is 11.0 Å². The van der Waals surface area contributed by atoms with Gasteiger partial charge in [0.1, 0.15) is 11.3 Å². The summed E-state index contributed by atoms with van der Waals surface area (Å²) in [4.78, 5) is 0. The molecule has 1 aromatic heterocycles. The Morgan fingerprint density at radius 3 is 2.79 bits per heavy atom. The largest absolute Gasteiger partial charge is 0.460 e. The first-order valence-corrected chi connectivity index (χ1v) is 7.41. The Hall–Kier alpha value is -1.28. The smallest absolute Gasteiger partial charge is 0.134 e. The van der Waals surface area contributed by atoms with E-state index in [0.717, 1.165) is 24.4 Å². The van der Waals surface area contributed by atoms with Crippen molar-refractivity contribution in [1.82, 2.24) is 5.32 Å². The van der Waals surface area contributed by atoms with E-state index < -0.39 is 0 Å². The number of unbranched alkanes of at least 4 members (excludes halogenated alkanes) is 1. The van der Waals surface area contributed by atoms with Gasteiger partial charge in [0, 0.05) is 5.39 Å². The maximum absolute atomic E-state index is 5.85. The van der Waals surface area contributed by atoms with Gasteiger partial charge in [-0.3, -0.25) is 0 Å². The lowest BCUT2D eigenvalue weighted by molar-refractivity contribution is 0.485. The summed E-state index contributed by atoms with van der Waals surface area (Å²) in [6.07, 6.45) is 3.67. The van der Waals surface area contributed by atoms with Crippen LogP contribution in [0.4, 0.5) is 0 Å². The molecule has 0 unspecified atom stereocenters. The molecule has 104 valence electrons. The third kappa shape index (κ3) is 4.10. The average Bonchev–Trinajstić information content (AvgIpc) is 2.77.